The van der Waals surface area contributed by atoms with Gasteiger partial charge in [0.25, 0.3) is 0 Å². The number of benzene rings is 3. The molecule has 1 saturated heterocycles. The van der Waals surface area contributed by atoms with Gasteiger partial charge in [0.05, 0.1) is 27.6 Å². The fourth-order valence-electron chi connectivity index (χ4n) is 3.82. The third kappa shape index (κ3) is 6.38. The highest BCUT2D eigenvalue weighted by molar-refractivity contribution is 8.14. The minimum Gasteiger partial charge on any atom is -0.406 e. The molecule has 3 aromatic carbocycles. The summed E-state index contributed by atoms with van der Waals surface area (Å²) in [6, 6.07) is 18.3. The molecular formula is C26H19Cl2F3N6OS. The van der Waals surface area contributed by atoms with E-state index in [1.165, 1.54) is 35.3 Å². The van der Waals surface area contributed by atoms with Gasteiger partial charge < -0.3 is 9.64 Å². The molecule has 2 heterocycles. The summed E-state index contributed by atoms with van der Waals surface area (Å²) in [6.45, 7) is 2.07. The van der Waals surface area contributed by atoms with Crippen molar-refractivity contribution in [3.8, 4) is 22.8 Å². The predicted octanol–water partition coefficient (Wildman–Crippen LogP) is 7.47. The summed E-state index contributed by atoms with van der Waals surface area (Å²) in [5, 5.41) is 14.9. The van der Waals surface area contributed by atoms with Gasteiger partial charge in [0.2, 0.25) is 0 Å². The molecule has 13 heteroatoms. The summed E-state index contributed by atoms with van der Waals surface area (Å²) in [4.78, 5) is 6.30. The number of nitrogens with zero attached hydrogens (tertiary/aromatic N) is 6. The van der Waals surface area contributed by atoms with E-state index in [1.54, 1.807) is 36.2 Å². The summed E-state index contributed by atoms with van der Waals surface area (Å²) < 4.78 is 42.5. The highest BCUT2D eigenvalue weighted by Crippen LogP contribution is 2.39. The first-order chi connectivity index (χ1) is 18.7. The van der Waals surface area contributed by atoms with Gasteiger partial charge in [-0.1, -0.05) is 65.3 Å². The van der Waals surface area contributed by atoms with Gasteiger partial charge in [-0.15, -0.1) is 23.4 Å². The van der Waals surface area contributed by atoms with Crippen LogP contribution in [0.25, 0.3) is 17.1 Å². The van der Waals surface area contributed by atoms with Crippen LogP contribution in [0.4, 0.5) is 18.9 Å². The number of para-hydroxylation sites is 1. The Morgan fingerprint density at radius 1 is 1.03 bits per heavy atom. The Labute approximate surface area is 235 Å². The summed E-state index contributed by atoms with van der Waals surface area (Å²) in [5.74, 6) is 0.976. The molecule has 39 heavy (non-hydrogen) atoms. The van der Waals surface area contributed by atoms with Crippen molar-refractivity contribution in [3.63, 3.8) is 0 Å². The van der Waals surface area contributed by atoms with E-state index in [9.17, 15) is 13.2 Å². The molecule has 1 aromatic heterocycles. The van der Waals surface area contributed by atoms with Crippen molar-refractivity contribution >= 4 is 52.0 Å². The number of rotatable bonds is 6. The highest BCUT2D eigenvalue weighted by atomic mass is 35.5. The molecule has 0 amide bonds. The van der Waals surface area contributed by atoms with Crippen LogP contribution in [0.3, 0.4) is 0 Å². The predicted molar refractivity (Wildman–Crippen MR) is 149 cm³/mol. The lowest BCUT2D eigenvalue weighted by atomic mass is 10.1. The van der Waals surface area contributed by atoms with Crippen LogP contribution >= 0.6 is 35.0 Å². The van der Waals surface area contributed by atoms with Gasteiger partial charge in [-0.25, -0.2) is 9.67 Å². The van der Waals surface area contributed by atoms with Crippen molar-refractivity contribution in [1.29, 1.82) is 0 Å². The second kappa shape index (κ2) is 11.3. The van der Waals surface area contributed by atoms with E-state index in [0.717, 1.165) is 16.9 Å². The summed E-state index contributed by atoms with van der Waals surface area (Å²) in [7, 11) is 0. The first-order valence-corrected chi connectivity index (χ1v) is 13.3. The fourth-order valence-corrected chi connectivity index (χ4v) is 5.46. The van der Waals surface area contributed by atoms with Crippen molar-refractivity contribution in [3.05, 3.63) is 88.7 Å². The van der Waals surface area contributed by atoms with Crippen molar-refractivity contribution in [2.45, 2.75) is 19.3 Å². The maximum Gasteiger partial charge on any atom is 0.573 e. The molecule has 1 fully saturated rings. The van der Waals surface area contributed by atoms with Crippen LogP contribution in [0.5, 0.6) is 5.75 Å². The van der Waals surface area contributed by atoms with Crippen LogP contribution in [0.15, 0.2) is 83.3 Å². The van der Waals surface area contributed by atoms with Crippen molar-refractivity contribution < 1.29 is 17.9 Å². The summed E-state index contributed by atoms with van der Waals surface area (Å²) >= 11 is 14.4. The van der Waals surface area contributed by atoms with Crippen LogP contribution in [0.1, 0.15) is 12.5 Å². The smallest absolute Gasteiger partial charge is 0.406 e. The molecule has 7 nitrogen and oxygen atoms in total. The van der Waals surface area contributed by atoms with Gasteiger partial charge in [0, 0.05) is 17.4 Å². The van der Waals surface area contributed by atoms with Crippen LogP contribution in [0, 0.1) is 0 Å². The lowest BCUT2D eigenvalue weighted by Crippen LogP contribution is -2.31. The Kier molecular flexibility index (Phi) is 7.83. The number of aromatic nitrogens is 3. The Balaban J connectivity index is 1.27. The number of hydrogen-bond donors (Lipinski definition) is 0. The number of thioether (sulfide) groups is 1. The zero-order valence-corrected chi connectivity index (χ0v) is 22.5. The number of halogens is 5. The second-order valence-corrected chi connectivity index (χ2v) is 10.2. The van der Waals surface area contributed by atoms with E-state index in [0.29, 0.717) is 32.4 Å². The third-order valence-electron chi connectivity index (χ3n) is 5.62. The van der Waals surface area contributed by atoms with Crippen LogP contribution in [-0.4, -0.2) is 44.3 Å². The summed E-state index contributed by atoms with van der Waals surface area (Å²) in [6.07, 6.45) is -1.62. The molecule has 0 N–H and O–H groups in total. The normalized spacial score (nSPS) is 16.9. The van der Waals surface area contributed by atoms with E-state index in [-0.39, 0.29) is 11.8 Å². The monoisotopic (exact) mass is 590 g/mol. The number of alkyl halides is 3. The van der Waals surface area contributed by atoms with Gasteiger partial charge in [-0.3, -0.25) is 0 Å². The molecule has 1 atom stereocenters. The Morgan fingerprint density at radius 2 is 1.72 bits per heavy atom. The van der Waals surface area contributed by atoms with Gasteiger partial charge in [0.15, 0.2) is 11.0 Å². The molecule has 0 saturated carbocycles. The fraction of sp³-hybridized carbons (Fsp3) is 0.154. The van der Waals surface area contributed by atoms with E-state index < -0.39 is 6.36 Å². The van der Waals surface area contributed by atoms with E-state index in [1.807, 2.05) is 29.2 Å². The minimum atomic E-state index is -4.75. The number of anilines is 1. The molecule has 0 spiro atoms. The zero-order valence-electron chi connectivity index (χ0n) is 20.2. The Bertz CT molecular complexity index is 1500. The van der Waals surface area contributed by atoms with Gasteiger partial charge >= 0.3 is 6.36 Å². The standard InChI is InChI=1S/C26H19Cl2F3N6OS/c1-16-14-39-25(37(16)23-21(27)3-2-4-22(23)28)34-33-13-17-5-7-18(8-6-17)24-32-15-36(35-24)19-9-11-20(12-10-19)38-26(29,30)31/h2-13,15-16H,14H2,1H3. The van der Waals surface area contributed by atoms with Crippen LogP contribution < -0.4 is 9.64 Å². The van der Waals surface area contributed by atoms with Crippen molar-refractivity contribution in [1.82, 2.24) is 14.8 Å². The lowest BCUT2D eigenvalue weighted by Gasteiger charge is -2.24. The van der Waals surface area contributed by atoms with Crippen LogP contribution in [0.2, 0.25) is 10.0 Å². The molecule has 0 bridgehead atoms. The molecule has 5 rings (SSSR count). The molecule has 1 unspecified atom stereocenters. The average Bonchev–Trinajstić information content (AvgIpc) is 3.52. The second-order valence-electron chi connectivity index (χ2n) is 8.40. The maximum absolute atomic E-state index is 12.4. The number of amidine groups is 1. The van der Waals surface area contributed by atoms with Crippen molar-refractivity contribution in [2.24, 2.45) is 10.2 Å². The largest absolute Gasteiger partial charge is 0.573 e. The molecule has 1 aliphatic rings. The quantitative estimate of drug-likeness (QED) is 0.172. The first-order valence-electron chi connectivity index (χ1n) is 11.5. The van der Waals surface area contributed by atoms with Gasteiger partial charge in [0.1, 0.15) is 12.1 Å². The molecule has 0 aliphatic carbocycles. The van der Waals surface area contributed by atoms with E-state index in [2.05, 4.69) is 31.9 Å². The minimum absolute atomic E-state index is 0.152. The number of hydrogen-bond acceptors (Lipinski definition) is 6. The molecule has 1 aliphatic heterocycles. The summed E-state index contributed by atoms with van der Waals surface area (Å²) in [5.41, 5.74) is 2.83. The average molecular weight is 591 g/mol. The van der Waals surface area contributed by atoms with E-state index >= 15 is 0 Å². The topological polar surface area (TPSA) is 67.9 Å². The maximum atomic E-state index is 12.4. The van der Waals surface area contributed by atoms with Crippen molar-refractivity contribution in [2.75, 3.05) is 10.7 Å². The Hall–Kier alpha value is -3.54. The Morgan fingerprint density at radius 3 is 2.38 bits per heavy atom. The van der Waals surface area contributed by atoms with E-state index in [4.69, 9.17) is 23.2 Å². The number of ether oxygens (including phenoxy) is 1. The molecule has 4 aromatic rings. The highest BCUT2D eigenvalue weighted by Gasteiger charge is 2.32. The van der Waals surface area contributed by atoms with Gasteiger partial charge in [-0.2, -0.15) is 5.10 Å². The molecule has 200 valence electrons. The van der Waals surface area contributed by atoms with Gasteiger partial charge in [-0.05, 0) is 48.9 Å². The molecule has 0 radical (unpaired) electrons. The zero-order chi connectivity index (χ0) is 27.6. The lowest BCUT2D eigenvalue weighted by molar-refractivity contribution is -0.274. The van der Waals surface area contributed by atoms with Crippen LogP contribution in [-0.2, 0) is 0 Å². The third-order valence-corrected chi connectivity index (χ3v) is 7.42. The first kappa shape index (κ1) is 27.0. The SMILES string of the molecule is CC1CSC(=NN=Cc2ccc(-c3ncn(-c4ccc(OC(F)(F)F)cc4)n3)cc2)N1c1c(Cl)cccc1Cl. The molecular weight excluding hydrogens is 572 g/mol.